The Morgan fingerprint density at radius 1 is 1.22 bits per heavy atom. The van der Waals surface area contributed by atoms with Crippen molar-refractivity contribution in [2.75, 3.05) is 14.1 Å². The Morgan fingerprint density at radius 3 is 2.51 bits per heavy atom. The molecule has 0 radical (unpaired) electrons. The fourth-order valence-corrected chi connectivity index (χ4v) is 6.08. The number of ketones is 2. The highest BCUT2D eigenvalue weighted by atomic mass is 16.3. The van der Waals surface area contributed by atoms with Gasteiger partial charge in [-0.15, -0.1) is 0 Å². The molecule has 3 aliphatic carbocycles. The van der Waals surface area contributed by atoms with Gasteiger partial charge in [0.1, 0.15) is 28.9 Å². The van der Waals surface area contributed by atoms with Gasteiger partial charge >= 0.3 is 0 Å². The van der Waals surface area contributed by atoms with Crippen LogP contribution in [0.3, 0.4) is 0 Å². The fraction of sp³-hybridized carbons (Fsp3) is 0.308. The zero-order valence-electron chi connectivity index (χ0n) is 20.0. The summed E-state index contributed by atoms with van der Waals surface area (Å²) in [6, 6.07) is 5.46. The zero-order chi connectivity index (χ0) is 27.0. The molecule has 1 saturated carbocycles. The van der Waals surface area contributed by atoms with E-state index in [2.05, 4.69) is 0 Å². The van der Waals surface area contributed by atoms with E-state index < -0.39 is 58.0 Å². The van der Waals surface area contributed by atoms with E-state index in [4.69, 9.17) is 5.73 Å². The highest BCUT2D eigenvalue weighted by molar-refractivity contribution is 6.24. The quantitative estimate of drug-likeness (QED) is 0.373. The average Bonchev–Trinajstić information content (AvgIpc) is 3.30. The summed E-state index contributed by atoms with van der Waals surface area (Å²) in [6.45, 7) is 0. The number of phenols is 1. The number of hydrogen-bond donors (Lipinski definition) is 5. The number of likely N-dealkylation sites (N-methyl/N-ethyl adjacent to an activating group) is 1. The zero-order valence-corrected chi connectivity index (χ0v) is 20.0. The van der Waals surface area contributed by atoms with Crippen molar-refractivity contribution in [2.24, 2.45) is 17.6 Å². The van der Waals surface area contributed by atoms with Gasteiger partial charge in [0.2, 0.25) is 5.78 Å². The third-order valence-electron chi connectivity index (χ3n) is 7.68. The number of phenolic OH excluding ortho intramolecular Hbond substituents is 1. The van der Waals surface area contributed by atoms with Gasteiger partial charge in [-0.05, 0) is 56.6 Å². The summed E-state index contributed by atoms with van der Waals surface area (Å²) in [5.74, 6) is -6.99. The van der Waals surface area contributed by atoms with Crippen molar-refractivity contribution in [3.05, 3.63) is 64.2 Å². The van der Waals surface area contributed by atoms with Crippen LogP contribution in [0.4, 0.5) is 0 Å². The maximum atomic E-state index is 13.8. The van der Waals surface area contributed by atoms with Crippen LogP contribution < -0.4 is 5.73 Å². The van der Waals surface area contributed by atoms with Crippen LogP contribution in [-0.4, -0.2) is 73.1 Å². The second-order valence-corrected chi connectivity index (χ2v) is 9.84. The summed E-state index contributed by atoms with van der Waals surface area (Å²) in [7, 11) is 3.09. The summed E-state index contributed by atoms with van der Waals surface area (Å²) >= 11 is 0. The van der Waals surface area contributed by atoms with Gasteiger partial charge in [-0.3, -0.25) is 19.3 Å². The second kappa shape index (κ2) is 8.06. The number of amides is 1. The van der Waals surface area contributed by atoms with E-state index in [9.17, 15) is 40.1 Å². The normalized spacial score (nSPS) is 27.1. The number of benzene rings is 1. The summed E-state index contributed by atoms with van der Waals surface area (Å²) in [5, 5.41) is 53.6. The molecule has 6 N–H and O–H groups in total. The SMILES string of the molecule is CN(C)[C@@H]1C(=O)C(C(N)=O)=C(O)[C@]2(O)C(=O)C3=C(O)c4c(O)ccc(-n5ccc(C#N)c5)c4C[C@@H]3C[C@H]12. The van der Waals surface area contributed by atoms with Crippen molar-refractivity contribution in [1.29, 1.82) is 5.26 Å². The number of aliphatic hydroxyl groups is 3. The Hall–Kier alpha value is -4.40. The van der Waals surface area contributed by atoms with E-state index >= 15 is 0 Å². The highest BCUT2D eigenvalue weighted by Crippen LogP contribution is 2.53. The Morgan fingerprint density at radius 2 is 1.92 bits per heavy atom. The Bertz CT molecular complexity index is 1510. The summed E-state index contributed by atoms with van der Waals surface area (Å²) in [5.41, 5.74) is 3.03. The molecule has 0 bridgehead atoms. The van der Waals surface area contributed by atoms with Crippen LogP contribution in [0.15, 0.2) is 47.5 Å². The number of aliphatic hydroxyl groups excluding tert-OH is 2. The molecule has 4 atom stereocenters. The van der Waals surface area contributed by atoms with Gasteiger partial charge in [-0.2, -0.15) is 5.26 Å². The second-order valence-electron chi connectivity index (χ2n) is 9.84. The molecule has 11 heteroatoms. The molecule has 1 amide bonds. The van der Waals surface area contributed by atoms with Crippen LogP contribution in [0.2, 0.25) is 0 Å². The number of fused-ring (bicyclic) bond motifs is 3. The van der Waals surface area contributed by atoms with E-state index in [0.29, 0.717) is 16.8 Å². The number of Topliss-reactive ketones (excluding diaryl/α,β-unsaturated/α-hetero) is 2. The minimum atomic E-state index is -2.68. The minimum Gasteiger partial charge on any atom is -0.508 e. The number of carbonyl (C=O) groups excluding carboxylic acids is 3. The molecular weight excluding hydrogens is 480 g/mol. The third-order valence-corrected chi connectivity index (χ3v) is 7.68. The van der Waals surface area contributed by atoms with Gasteiger partial charge in [0.05, 0.1) is 17.2 Å². The lowest BCUT2D eigenvalue weighted by Crippen LogP contribution is -2.65. The lowest BCUT2D eigenvalue weighted by atomic mass is 9.57. The van der Waals surface area contributed by atoms with Gasteiger partial charge in [-0.1, -0.05) is 0 Å². The number of carbonyl (C=O) groups is 3. The maximum absolute atomic E-state index is 13.8. The molecule has 3 aliphatic rings. The van der Waals surface area contributed by atoms with E-state index in [1.54, 1.807) is 43.2 Å². The topological polar surface area (TPSA) is 190 Å². The fourth-order valence-electron chi connectivity index (χ4n) is 6.08. The minimum absolute atomic E-state index is 0.00399. The van der Waals surface area contributed by atoms with Crippen LogP contribution in [0, 0.1) is 23.2 Å². The van der Waals surface area contributed by atoms with Gasteiger partial charge in [0, 0.05) is 29.6 Å². The summed E-state index contributed by atoms with van der Waals surface area (Å²) < 4.78 is 1.66. The Kier molecular flexibility index (Phi) is 5.29. The van der Waals surface area contributed by atoms with E-state index in [1.807, 2.05) is 6.07 Å². The van der Waals surface area contributed by atoms with Crippen LogP contribution in [-0.2, 0) is 20.8 Å². The Labute approximate surface area is 211 Å². The molecule has 190 valence electrons. The average molecular weight is 504 g/mol. The lowest BCUT2D eigenvalue weighted by molar-refractivity contribution is -0.153. The third kappa shape index (κ3) is 3.16. The largest absolute Gasteiger partial charge is 0.508 e. The molecule has 1 aromatic carbocycles. The van der Waals surface area contributed by atoms with E-state index in [-0.39, 0.29) is 29.7 Å². The first-order valence-electron chi connectivity index (χ1n) is 11.5. The van der Waals surface area contributed by atoms with E-state index in [1.165, 1.54) is 11.0 Å². The van der Waals surface area contributed by atoms with E-state index in [0.717, 1.165) is 0 Å². The number of nitrogens with zero attached hydrogens (tertiary/aromatic N) is 3. The van der Waals surface area contributed by atoms with Gasteiger partial charge in [0.15, 0.2) is 11.4 Å². The number of rotatable bonds is 3. The standard InChI is InChI=1S/C26H24N4O7/c1-29(2)20-14-8-12-7-13-15(30-6-5-11(9-27)10-30)3-4-16(31)18(13)21(32)17(12)23(34)26(14,37)24(35)19(22(20)33)25(28)36/h3-6,10,12,14,20,31-32,35,37H,7-8H2,1-2H3,(H2,28,36)/t12-,14-,20+,26-/m1/s1. The van der Waals surface area contributed by atoms with Gasteiger partial charge < -0.3 is 30.7 Å². The molecule has 5 rings (SSSR count). The molecule has 0 spiro atoms. The lowest BCUT2D eigenvalue weighted by Gasteiger charge is -2.50. The van der Waals surface area contributed by atoms with Crippen molar-refractivity contribution in [2.45, 2.75) is 24.5 Å². The molecule has 1 fully saturated rings. The number of primary amides is 1. The van der Waals surface area contributed by atoms with Crippen molar-refractivity contribution in [3.63, 3.8) is 0 Å². The number of nitrogens with two attached hydrogens (primary N) is 1. The monoisotopic (exact) mass is 504 g/mol. The van der Waals surface area contributed by atoms with Crippen molar-refractivity contribution >= 4 is 23.2 Å². The number of hydrogen-bond acceptors (Lipinski definition) is 9. The van der Waals surface area contributed by atoms with Crippen molar-refractivity contribution in [1.82, 2.24) is 9.47 Å². The molecule has 11 nitrogen and oxygen atoms in total. The number of aromatic hydroxyl groups is 1. The molecule has 2 aromatic rings. The van der Waals surface area contributed by atoms with Crippen LogP contribution in [0.25, 0.3) is 11.4 Å². The maximum Gasteiger partial charge on any atom is 0.255 e. The van der Waals surface area contributed by atoms with Gasteiger partial charge in [0.25, 0.3) is 5.91 Å². The molecule has 37 heavy (non-hydrogen) atoms. The van der Waals surface area contributed by atoms with Crippen molar-refractivity contribution < 1.29 is 34.8 Å². The predicted octanol–water partition coefficient (Wildman–Crippen LogP) is 0.626. The van der Waals surface area contributed by atoms with Gasteiger partial charge in [-0.25, -0.2) is 0 Å². The molecule has 0 aliphatic heterocycles. The number of aromatic nitrogens is 1. The first-order chi connectivity index (χ1) is 17.4. The summed E-state index contributed by atoms with van der Waals surface area (Å²) in [4.78, 5) is 40.5. The summed E-state index contributed by atoms with van der Waals surface area (Å²) in [6.07, 6.45) is 3.39. The van der Waals surface area contributed by atoms with Crippen molar-refractivity contribution in [3.8, 4) is 17.5 Å². The molecule has 0 saturated heterocycles. The van der Waals surface area contributed by atoms with Crippen LogP contribution >= 0.6 is 0 Å². The molecular formula is C26H24N4O7. The smallest absolute Gasteiger partial charge is 0.255 e. The van der Waals surface area contributed by atoms with Crippen LogP contribution in [0.5, 0.6) is 5.75 Å². The first-order valence-corrected chi connectivity index (χ1v) is 11.5. The van der Waals surface area contributed by atoms with Crippen LogP contribution in [0.1, 0.15) is 23.1 Å². The predicted molar refractivity (Wildman–Crippen MR) is 128 cm³/mol. The Balaban J connectivity index is 1.74. The molecule has 1 aromatic heterocycles. The number of nitriles is 1. The highest BCUT2D eigenvalue weighted by Gasteiger charge is 2.64. The molecule has 1 heterocycles. The molecule has 0 unspecified atom stereocenters. The first kappa shape index (κ1) is 24.3.